The number of anilines is 1. The Morgan fingerprint density at radius 3 is 2.70 bits per heavy atom. The first-order chi connectivity index (χ1) is 9.38. The third-order valence-electron chi connectivity index (χ3n) is 2.87. The van der Waals surface area contributed by atoms with Crippen LogP contribution in [0.2, 0.25) is 0 Å². The van der Waals surface area contributed by atoms with Crippen LogP contribution in [-0.4, -0.2) is 35.1 Å². The van der Waals surface area contributed by atoms with Crippen LogP contribution in [0, 0.1) is 6.92 Å². The van der Waals surface area contributed by atoms with Crippen LogP contribution >= 0.6 is 11.3 Å². The first-order valence-corrected chi connectivity index (χ1v) is 6.94. The molecule has 0 aliphatic heterocycles. The lowest BCUT2D eigenvalue weighted by molar-refractivity contribution is 0.0702. The van der Waals surface area contributed by atoms with Crippen LogP contribution in [0.4, 0.5) is 5.69 Å². The number of hydrogen-bond donors (Lipinski definition) is 2. The van der Waals surface area contributed by atoms with Crippen molar-refractivity contribution in [1.82, 2.24) is 9.88 Å². The zero-order valence-electron chi connectivity index (χ0n) is 11.7. The predicted molar refractivity (Wildman–Crippen MR) is 81.0 cm³/mol. The largest absolute Gasteiger partial charge is 0.477 e. The second-order valence-electron chi connectivity index (χ2n) is 4.90. The number of carboxylic acid groups (broad SMARTS) is 1. The second-order valence-corrected chi connectivity index (χ2v) is 5.98. The molecule has 0 amide bonds. The number of carbonyl (C=O) groups is 1. The highest BCUT2D eigenvalue weighted by Gasteiger charge is 2.19. The molecule has 0 bridgehead atoms. The van der Waals surface area contributed by atoms with Crippen LogP contribution in [0.3, 0.4) is 0 Å². The van der Waals surface area contributed by atoms with Crippen LogP contribution in [0.1, 0.15) is 20.2 Å². The van der Waals surface area contributed by atoms with Crippen molar-refractivity contribution in [2.45, 2.75) is 13.5 Å². The lowest BCUT2D eigenvalue weighted by Gasteiger charge is -2.05. The molecule has 0 fully saturated rings. The Morgan fingerprint density at radius 1 is 1.45 bits per heavy atom. The van der Waals surface area contributed by atoms with Crippen molar-refractivity contribution < 1.29 is 9.90 Å². The minimum atomic E-state index is -0.957. The molecule has 0 aliphatic carbocycles. The van der Waals surface area contributed by atoms with E-state index in [1.807, 2.05) is 38.1 Å². The Hall–Kier alpha value is -1.92. The highest BCUT2D eigenvalue weighted by Crippen LogP contribution is 2.30. The fourth-order valence-electron chi connectivity index (χ4n) is 1.83. The van der Waals surface area contributed by atoms with E-state index in [1.165, 1.54) is 11.3 Å². The first-order valence-electron chi connectivity index (χ1n) is 6.12. The van der Waals surface area contributed by atoms with Crippen LogP contribution in [0.25, 0.3) is 11.3 Å². The molecule has 5 nitrogen and oxygen atoms in total. The van der Waals surface area contributed by atoms with Gasteiger partial charge in [-0.05, 0) is 32.6 Å². The van der Waals surface area contributed by atoms with Gasteiger partial charge in [0, 0.05) is 17.8 Å². The summed E-state index contributed by atoms with van der Waals surface area (Å²) in [6, 6.07) is 5.50. The molecule has 0 radical (unpaired) electrons. The molecular weight excluding hydrogens is 274 g/mol. The second kappa shape index (κ2) is 5.60. The molecule has 0 atom stereocenters. The number of hydrogen-bond acceptors (Lipinski definition) is 5. The zero-order chi connectivity index (χ0) is 14.9. The fourth-order valence-corrected chi connectivity index (χ4v) is 2.87. The summed E-state index contributed by atoms with van der Waals surface area (Å²) in [5.74, 6) is -0.957. The minimum absolute atomic E-state index is 0.255. The number of thiazole rings is 1. The number of carboxylic acids is 1. The number of aromatic carboxylic acids is 1. The third kappa shape index (κ3) is 2.97. The van der Waals surface area contributed by atoms with Crippen molar-refractivity contribution in [2.75, 3.05) is 19.8 Å². The van der Waals surface area contributed by atoms with Gasteiger partial charge in [-0.3, -0.25) is 0 Å². The molecule has 1 aromatic carbocycles. The molecule has 0 aliphatic rings. The van der Waals surface area contributed by atoms with Crippen LogP contribution in [0.5, 0.6) is 0 Å². The summed E-state index contributed by atoms with van der Waals surface area (Å²) < 4.78 is 0. The van der Waals surface area contributed by atoms with Crippen molar-refractivity contribution in [1.29, 1.82) is 0 Å². The predicted octanol–water partition coefficient (Wildman–Crippen LogP) is 2.46. The van der Waals surface area contributed by atoms with E-state index >= 15 is 0 Å². The number of nitrogens with zero attached hydrogens (tertiary/aromatic N) is 2. The molecule has 0 spiro atoms. The van der Waals surface area contributed by atoms with Crippen LogP contribution < -0.4 is 5.73 Å². The number of nitrogens with two attached hydrogens (primary N) is 1. The van der Waals surface area contributed by atoms with Gasteiger partial charge in [0.25, 0.3) is 0 Å². The van der Waals surface area contributed by atoms with Crippen LogP contribution in [-0.2, 0) is 6.54 Å². The quantitative estimate of drug-likeness (QED) is 0.846. The Labute approximate surface area is 121 Å². The summed E-state index contributed by atoms with van der Waals surface area (Å²) >= 11 is 1.21. The van der Waals surface area contributed by atoms with E-state index in [9.17, 15) is 9.90 Å². The standard InChI is InChI=1S/C14H17N3O2S/c1-8-4-5-9(6-10(8)15)12-13(14(18)19)20-11(16-12)7-17(2)3/h4-6H,7,15H2,1-3H3,(H,18,19). The van der Waals surface area contributed by atoms with Crippen molar-refractivity contribution in [3.8, 4) is 11.3 Å². The van der Waals surface area contributed by atoms with E-state index in [0.29, 0.717) is 17.9 Å². The third-order valence-corrected chi connectivity index (χ3v) is 3.90. The molecular formula is C14H17N3O2S. The van der Waals surface area contributed by atoms with Gasteiger partial charge in [-0.25, -0.2) is 9.78 Å². The summed E-state index contributed by atoms with van der Waals surface area (Å²) in [7, 11) is 3.84. The molecule has 20 heavy (non-hydrogen) atoms. The average Bonchev–Trinajstić information content (AvgIpc) is 2.76. The number of rotatable bonds is 4. The summed E-state index contributed by atoms with van der Waals surface area (Å²) in [5.41, 5.74) is 8.73. The van der Waals surface area contributed by atoms with Crippen molar-refractivity contribution in [3.05, 3.63) is 33.6 Å². The van der Waals surface area contributed by atoms with Gasteiger partial charge in [0.15, 0.2) is 0 Å². The molecule has 0 saturated carbocycles. The Balaban J connectivity index is 2.50. The molecule has 106 valence electrons. The van der Waals surface area contributed by atoms with Gasteiger partial charge >= 0.3 is 5.97 Å². The maximum absolute atomic E-state index is 11.4. The highest BCUT2D eigenvalue weighted by atomic mass is 32.1. The molecule has 3 N–H and O–H groups in total. The summed E-state index contributed by atoms with van der Waals surface area (Å²) in [6.45, 7) is 2.53. The Morgan fingerprint density at radius 2 is 2.15 bits per heavy atom. The van der Waals surface area contributed by atoms with Crippen molar-refractivity contribution >= 4 is 23.0 Å². The molecule has 0 saturated heterocycles. The number of nitrogen functional groups attached to an aromatic ring is 1. The smallest absolute Gasteiger partial charge is 0.348 e. The van der Waals surface area contributed by atoms with Gasteiger partial charge in [0.1, 0.15) is 9.88 Å². The zero-order valence-corrected chi connectivity index (χ0v) is 12.5. The number of benzene rings is 1. The lowest BCUT2D eigenvalue weighted by Crippen LogP contribution is -2.10. The molecule has 2 rings (SSSR count). The Bertz CT molecular complexity index is 650. The molecule has 1 aromatic heterocycles. The Kier molecular flexibility index (Phi) is 4.06. The van der Waals surface area contributed by atoms with E-state index in [2.05, 4.69) is 4.98 Å². The highest BCUT2D eigenvalue weighted by molar-refractivity contribution is 7.14. The van der Waals surface area contributed by atoms with E-state index < -0.39 is 5.97 Å². The summed E-state index contributed by atoms with van der Waals surface area (Å²) in [4.78, 5) is 18.0. The normalized spacial score (nSPS) is 11.0. The van der Waals surface area contributed by atoms with Crippen LogP contribution in [0.15, 0.2) is 18.2 Å². The summed E-state index contributed by atoms with van der Waals surface area (Å²) in [5, 5.41) is 10.1. The molecule has 0 unspecified atom stereocenters. The monoisotopic (exact) mass is 291 g/mol. The van der Waals surface area contributed by atoms with E-state index in [1.54, 1.807) is 6.07 Å². The number of aromatic nitrogens is 1. The number of aryl methyl sites for hydroxylation is 1. The van der Waals surface area contributed by atoms with Gasteiger partial charge in [0.2, 0.25) is 0 Å². The summed E-state index contributed by atoms with van der Waals surface area (Å²) in [6.07, 6.45) is 0. The van der Waals surface area contributed by atoms with Crippen molar-refractivity contribution in [3.63, 3.8) is 0 Å². The fraction of sp³-hybridized carbons (Fsp3) is 0.286. The van der Waals surface area contributed by atoms with Gasteiger partial charge in [0.05, 0.1) is 5.69 Å². The topological polar surface area (TPSA) is 79.5 Å². The molecule has 2 aromatic rings. The SMILES string of the molecule is Cc1ccc(-c2nc(CN(C)C)sc2C(=O)O)cc1N. The molecule has 6 heteroatoms. The average molecular weight is 291 g/mol. The lowest BCUT2D eigenvalue weighted by atomic mass is 10.1. The van der Waals surface area contributed by atoms with Gasteiger partial charge < -0.3 is 15.7 Å². The van der Waals surface area contributed by atoms with Gasteiger partial charge in [-0.2, -0.15) is 0 Å². The van der Waals surface area contributed by atoms with Crippen molar-refractivity contribution in [2.24, 2.45) is 0 Å². The minimum Gasteiger partial charge on any atom is -0.477 e. The maximum Gasteiger partial charge on any atom is 0.348 e. The van der Waals surface area contributed by atoms with E-state index in [-0.39, 0.29) is 4.88 Å². The van der Waals surface area contributed by atoms with Gasteiger partial charge in [-0.15, -0.1) is 11.3 Å². The van der Waals surface area contributed by atoms with E-state index in [0.717, 1.165) is 16.1 Å². The van der Waals surface area contributed by atoms with E-state index in [4.69, 9.17) is 5.73 Å². The van der Waals surface area contributed by atoms with Gasteiger partial charge in [-0.1, -0.05) is 12.1 Å². The first kappa shape index (κ1) is 14.5. The molecule has 1 heterocycles. The maximum atomic E-state index is 11.4.